The van der Waals surface area contributed by atoms with E-state index in [4.69, 9.17) is 0 Å². The van der Waals surface area contributed by atoms with Crippen molar-refractivity contribution >= 4 is 33.3 Å². The Labute approximate surface area is 178 Å². The molecular weight excluding hydrogens is 423 g/mol. The molecule has 0 aliphatic carbocycles. The van der Waals surface area contributed by atoms with Crippen molar-refractivity contribution in [3.05, 3.63) is 59.5 Å². The lowest BCUT2D eigenvalue weighted by molar-refractivity contribution is -0.116. The third-order valence-corrected chi connectivity index (χ3v) is 6.51. The summed E-state index contributed by atoms with van der Waals surface area (Å²) in [5.41, 5.74) is 1.64. The summed E-state index contributed by atoms with van der Waals surface area (Å²) < 4.78 is 43.4. The summed E-state index contributed by atoms with van der Waals surface area (Å²) in [5.74, 6) is -1.14. The number of aryl methyl sites for hydroxylation is 2. The van der Waals surface area contributed by atoms with Crippen LogP contribution in [0.25, 0.3) is 11.1 Å². The van der Waals surface area contributed by atoms with Crippen molar-refractivity contribution in [2.75, 3.05) is 10.0 Å². The number of aromatic nitrogens is 2. The molecule has 8 nitrogen and oxygen atoms in total. The molecule has 0 saturated carbocycles. The zero-order valence-electron chi connectivity index (χ0n) is 16.8. The number of hydrogen-bond donors (Lipinski definition) is 2. The molecule has 0 radical (unpaired) electrons. The van der Waals surface area contributed by atoms with E-state index in [0.29, 0.717) is 22.4 Å². The van der Waals surface area contributed by atoms with E-state index >= 15 is 0 Å². The molecule has 0 unspecified atom stereocenters. The molecule has 10 heteroatoms. The molecule has 1 aliphatic heterocycles. The first-order valence-corrected chi connectivity index (χ1v) is 11.0. The van der Waals surface area contributed by atoms with Crippen LogP contribution < -0.4 is 10.0 Å². The monoisotopic (exact) mass is 442 g/mol. The molecule has 0 bridgehead atoms. The van der Waals surface area contributed by atoms with Crippen LogP contribution in [0.5, 0.6) is 0 Å². The Morgan fingerprint density at radius 1 is 1.10 bits per heavy atom. The number of benzene rings is 2. The maximum Gasteiger partial charge on any atom is 0.262 e. The molecule has 2 heterocycles. The predicted octanol–water partition coefficient (Wildman–Crippen LogP) is 3.48. The number of rotatable bonds is 4. The summed E-state index contributed by atoms with van der Waals surface area (Å²) in [6.07, 6.45) is 0.0697. The van der Waals surface area contributed by atoms with Gasteiger partial charge in [0.1, 0.15) is 11.6 Å². The molecule has 3 aromatic rings. The Morgan fingerprint density at radius 2 is 1.84 bits per heavy atom. The van der Waals surface area contributed by atoms with Gasteiger partial charge in [0.2, 0.25) is 11.8 Å². The molecule has 2 N–H and O–H groups in total. The zero-order valence-corrected chi connectivity index (χ0v) is 17.6. The lowest BCUT2D eigenvalue weighted by Crippen LogP contribution is -2.15. The molecule has 1 aliphatic rings. The highest BCUT2D eigenvalue weighted by Gasteiger charge is 2.27. The number of halogens is 1. The van der Waals surface area contributed by atoms with Crippen LogP contribution in [0.4, 0.5) is 15.9 Å². The third kappa shape index (κ3) is 3.81. The van der Waals surface area contributed by atoms with Crippen molar-refractivity contribution in [3.63, 3.8) is 0 Å². The van der Waals surface area contributed by atoms with Crippen molar-refractivity contribution < 1.29 is 22.4 Å². The molecular formula is C21H19FN4O4S. The van der Waals surface area contributed by atoms with Gasteiger partial charge in [-0.3, -0.25) is 14.3 Å². The molecule has 4 rings (SSSR count). The maximum absolute atomic E-state index is 14.0. The minimum absolute atomic E-state index is 0.0273. The molecule has 1 aromatic heterocycles. The first-order valence-electron chi connectivity index (χ1n) is 9.48. The molecule has 31 heavy (non-hydrogen) atoms. The number of para-hydroxylation sites is 1. The Kier molecular flexibility index (Phi) is 5.10. The highest BCUT2D eigenvalue weighted by atomic mass is 32.2. The molecule has 0 fully saturated rings. The van der Waals surface area contributed by atoms with E-state index in [1.807, 2.05) is 0 Å². The largest absolute Gasteiger partial charge is 0.310 e. The summed E-state index contributed by atoms with van der Waals surface area (Å²) in [5, 5.41) is 6.92. The fraction of sp³-hybridized carbons (Fsp3) is 0.190. The molecule has 0 saturated heterocycles. The topological polar surface area (TPSA) is 110 Å². The van der Waals surface area contributed by atoms with Crippen LogP contribution in [0.1, 0.15) is 28.9 Å². The van der Waals surface area contributed by atoms with Gasteiger partial charge in [0.25, 0.3) is 10.0 Å². The average molecular weight is 442 g/mol. The van der Waals surface area contributed by atoms with Crippen molar-refractivity contribution in [1.29, 1.82) is 0 Å². The first kappa shape index (κ1) is 20.7. The van der Waals surface area contributed by atoms with Crippen molar-refractivity contribution in [2.24, 2.45) is 0 Å². The summed E-state index contributed by atoms with van der Waals surface area (Å²) in [6, 6.07) is 10.2. The van der Waals surface area contributed by atoms with Crippen LogP contribution in [0.3, 0.4) is 0 Å². The highest BCUT2D eigenvalue weighted by Crippen LogP contribution is 2.35. The summed E-state index contributed by atoms with van der Waals surface area (Å²) in [4.78, 5) is 24.3. The normalized spacial score (nSPS) is 14.0. The average Bonchev–Trinajstić information content (AvgIpc) is 2.97. The predicted molar refractivity (Wildman–Crippen MR) is 113 cm³/mol. The third-order valence-electron chi connectivity index (χ3n) is 5.00. The van der Waals surface area contributed by atoms with Gasteiger partial charge in [0.05, 0.1) is 16.3 Å². The number of nitrogens with one attached hydrogen (secondary N) is 2. The van der Waals surface area contributed by atoms with E-state index in [0.717, 1.165) is 10.7 Å². The summed E-state index contributed by atoms with van der Waals surface area (Å²) in [6.45, 7) is 3.29. The van der Waals surface area contributed by atoms with Gasteiger partial charge in [-0.2, -0.15) is 9.78 Å². The molecule has 0 spiro atoms. The molecule has 1 amide bonds. The Bertz CT molecular complexity index is 1330. The lowest BCUT2D eigenvalue weighted by Gasteiger charge is -2.13. The van der Waals surface area contributed by atoms with Crippen LogP contribution in [0.2, 0.25) is 0 Å². The van der Waals surface area contributed by atoms with Crippen LogP contribution in [0, 0.1) is 19.7 Å². The number of carbonyl (C=O) groups excluding carboxylic acids is 2. The molecule has 2 aromatic carbocycles. The molecule has 0 atom stereocenters. The summed E-state index contributed by atoms with van der Waals surface area (Å²) in [7, 11) is -4.11. The van der Waals surface area contributed by atoms with Crippen LogP contribution >= 0.6 is 0 Å². The first-order chi connectivity index (χ1) is 14.7. The van der Waals surface area contributed by atoms with Gasteiger partial charge in [0.15, 0.2) is 0 Å². The standard InChI is InChI=1S/C21H19FN4O4S/c1-12-7-8-14(11-17(12)31(29,30)25-16-6-4-3-5-15(16)22)20-13(2)24-26-19(28)10-9-18(27)23-21(20)26/h3-8,11,25H,9-10H2,1-2H3,(H,23,27). The smallest absolute Gasteiger partial charge is 0.262 e. The minimum atomic E-state index is -4.11. The second-order valence-electron chi connectivity index (χ2n) is 7.23. The van der Waals surface area contributed by atoms with Gasteiger partial charge in [-0.05, 0) is 43.2 Å². The van der Waals surface area contributed by atoms with E-state index in [1.165, 1.54) is 24.3 Å². The SMILES string of the molecule is Cc1ccc(-c2c(C)nn3c2NC(=O)CCC3=O)cc1S(=O)(=O)Nc1ccccc1F. The van der Waals surface area contributed by atoms with Crippen molar-refractivity contribution in [2.45, 2.75) is 31.6 Å². The van der Waals surface area contributed by atoms with E-state index in [9.17, 15) is 22.4 Å². The number of nitrogens with zero attached hydrogens (tertiary/aromatic N) is 2. The number of amides is 1. The van der Waals surface area contributed by atoms with Gasteiger partial charge < -0.3 is 5.32 Å². The van der Waals surface area contributed by atoms with Crippen LogP contribution in [-0.4, -0.2) is 30.0 Å². The van der Waals surface area contributed by atoms with Crippen LogP contribution in [0.15, 0.2) is 47.4 Å². The highest BCUT2D eigenvalue weighted by molar-refractivity contribution is 7.92. The number of sulfonamides is 1. The number of carbonyl (C=O) groups is 2. The van der Waals surface area contributed by atoms with E-state index < -0.39 is 15.8 Å². The minimum Gasteiger partial charge on any atom is -0.310 e. The fourth-order valence-electron chi connectivity index (χ4n) is 3.48. The van der Waals surface area contributed by atoms with E-state index in [2.05, 4.69) is 15.1 Å². The maximum atomic E-state index is 14.0. The molecule has 160 valence electrons. The van der Waals surface area contributed by atoms with Gasteiger partial charge in [-0.25, -0.2) is 12.8 Å². The summed E-state index contributed by atoms with van der Waals surface area (Å²) >= 11 is 0. The Balaban J connectivity index is 1.82. The quantitative estimate of drug-likeness (QED) is 0.643. The second kappa shape index (κ2) is 7.62. The van der Waals surface area contributed by atoms with Gasteiger partial charge in [-0.1, -0.05) is 24.3 Å². The van der Waals surface area contributed by atoms with Crippen molar-refractivity contribution in [3.8, 4) is 11.1 Å². The van der Waals surface area contributed by atoms with Gasteiger partial charge >= 0.3 is 0 Å². The Morgan fingerprint density at radius 3 is 2.58 bits per heavy atom. The fourth-order valence-corrected chi connectivity index (χ4v) is 4.82. The van der Waals surface area contributed by atoms with E-state index in [1.54, 1.807) is 26.0 Å². The Hall–Kier alpha value is -3.53. The zero-order chi connectivity index (χ0) is 22.3. The number of hydrogen-bond acceptors (Lipinski definition) is 5. The number of anilines is 2. The van der Waals surface area contributed by atoms with Gasteiger partial charge in [0, 0.05) is 18.4 Å². The second-order valence-corrected chi connectivity index (χ2v) is 8.88. The lowest BCUT2D eigenvalue weighted by atomic mass is 10.0. The van der Waals surface area contributed by atoms with E-state index in [-0.39, 0.29) is 41.1 Å². The van der Waals surface area contributed by atoms with Crippen molar-refractivity contribution in [1.82, 2.24) is 9.78 Å². The van der Waals surface area contributed by atoms with Crippen LogP contribution in [-0.2, 0) is 14.8 Å². The van der Waals surface area contributed by atoms with Gasteiger partial charge in [-0.15, -0.1) is 0 Å². The number of fused-ring (bicyclic) bond motifs is 1.